The first-order valence-electron chi connectivity index (χ1n) is 17.0. The van der Waals surface area contributed by atoms with E-state index in [0.29, 0.717) is 31.9 Å². The molecule has 0 saturated heterocycles. The van der Waals surface area contributed by atoms with E-state index in [4.69, 9.17) is 9.97 Å². The minimum atomic E-state index is -0.640. The van der Waals surface area contributed by atoms with Crippen LogP contribution in [0.5, 0.6) is 0 Å². The number of hydrogen-bond acceptors (Lipinski definition) is 6. The summed E-state index contributed by atoms with van der Waals surface area (Å²) in [6.45, 7) is 8.02. The number of ether oxygens (including phenoxy) is 1. The molecule has 0 spiro atoms. The van der Waals surface area contributed by atoms with Gasteiger partial charge in [-0.2, -0.15) is 0 Å². The number of benzene rings is 4. The van der Waals surface area contributed by atoms with Crippen molar-refractivity contribution in [2.75, 3.05) is 26.7 Å². The number of aromatic amines is 2. The minimum Gasteiger partial charge on any atom is -0.453 e. The molecule has 6 aromatic rings. The molecule has 0 aliphatic rings. The van der Waals surface area contributed by atoms with Crippen LogP contribution in [0.4, 0.5) is 4.79 Å². The summed E-state index contributed by atoms with van der Waals surface area (Å²) in [6, 6.07) is 21.1. The summed E-state index contributed by atoms with van der Waals surface area (Å²) in [5.41, 5.74) is 5.80. The van der Waals surface area contributed by atoms with E-state index in [1.807, 2.05) is 24.8 Å². The van der Waals surface area contributed by atoms with Gasteiger partial charge < -0.3 is 29.8 Å². The first kappa shape index (κ1) is 33.5. The molecule has 0 radical (unpaired) electrons. The second-order valence-electron chi connectivity index (χ2n) is 12.4. The van der Waals surface area contributed by atoms with Gasteiger partial charge in [0.05, 0.1) is 42.3 Å². The highest BCUT2D eigenvalue weighted by molar-refractivity contribution is 6.07. The topological polar surface area (TPSA) is 136 Å². The molecule has 3 N–H and O–H groups in total. The molecule has 0 saturated carbocycles. The lowest BCUT2D eigenvalue weighted by atomic mass is 9.98. The van der Waals surface area contributed by atoms with Crippen molar-refractivity contribution in [2.45, 2.75) is 59.5 Å². The van der Waals surface area contributed by atoms with Crippen molar-refractivity contribution in [2.24, 2.45) is 0 Å². The van der Waals surface area contributed by atoms with Gasteiger partial charge >= 0.3 is 6.09 Å². The summed E-state index contributed by atoms with van der Waals surface area (Å²) in [5.74, 6) is 1.44. The number of hydrogen-bond donors (Lipinski definition) is 3. The number of rotatable bonds is 13. The molecule has 11 heteroatoms. The first-order valence-corrected chi connectivity index (χ1v) is 17.0. The zero-order chi connectivity index (χ0) is 34.5. The van der Waals surface area contributed by atoms with Crippen LogP contribution in [0.2, 0.25) is 0 Å². The van der Waals surface area contributed by atoms with E-state index in [-0.39, 0.29) is 18.4 Å². The number of carbonyl (C=O) groups excluding carboxylic acids is 3. The standard InChI is InChI=1S/C38H43N7O4/c1-5-8-34(46)44(17-6-2)22-32-40-30-15-11-26-19-24(9-13-28(26)36(30)42-32)25-10-14-29-27(20-25)12-16-31-37(29)43-33(41-31)23-45(18-7-3)35(47)21-39-38(48)49-4/h9-16,19-20H,5-8,17-18,21-23H2,1-4H3,(H,39,48)(H,40,42)(H,41,43). The van der Waals surface area contributed by atoms with Crippen LogP contribution in [-0.4, -0.2) is 74.4 Å². The second kappa shape index (κ2) is 14.8. The van der Waals surface area contributed by atoms with Crippen LogP contribution in [0.25, 0.3) is 54.7 Å². The fourth-order valence-electron chi connectivity index (χ4n) is 6.40. The van der Waals surface area contributed by atoms with Gasteiger partial charge in [0, 0.05) is 30.3 Å². The molecule has 0 atom stereocenters. The third-order valence-corrected chi connectivity index (χ3v) is 8.77. The van der Waals surface area contributed by atoms with E-state index in [0.717, 1.165) is 86.4 Å². The lowest BCUT2D eigenvalue weighted by molar-refractivity contribution is -0.132. The van der Waals surface area contributed by atoms with Crippen molar-refractivity contribution in [1.82, 2.24) is 35.1 Å². The number of H-pyrrole nitrogens is 2. The van der Waals surface area contributed by atoms with E-state index >= 15 is 0 Å². The quantitative estimate of drug-likeness (QED) is 0.121. The fraction of sp³-hybridized carbons (Fsp3) is 0.342. The van der Waals surface area contributed by atoms with Crippen molar-refractivity contribution in [3.05, 3.63) is 72.3 Å². The normalized spacial score (nSPS) is 11.4. The molecule has 0 bridgehead atoms. The minimum absolute atomic E-state index is 0.139. The first-order chi connectivity index (χ1) is 23.8. The zero-order valence-corrected chi connectivity index (χ0v) is 28.6. The maximum absolute atomic E-state index is 12.8. The summed E-state index contributed by atoms with van der Waals surface area (Å²) in [4.78, 5) is 57.1. The van der Waals surface area contributed by atoms with Crippen LogP contribution in [-0.2, 0) is 27.4 Å². The molecule has 3 amide bonds. The Morgan fingerprint density at radius 2 is 1.20 bits per heavy atom. The number of methoxy groups -OCH3 is 1. The van der Waals surface area contributed by atoms with Crippen molar-refractivity contribution in [3.63, 3.8) is 0 Å². The highest BCUT2D eigenvalue weighted by Crippen LogP contribution is 2.32. The van der Waals surface area contributed by atoms with Gasteiger partial charge in [-0.25, -0.2) is 14.8 Å². The molecule has 254 valence electrons. The van der Waals surface area contributed by atoms with Crippen molar-refractivity contribution < 1.29 is 19.1 Å². The Kier molecular flexibility index (Phi) is 10.1. The number of aromatic nitrogens is 4. The van der Waals surface area contributed by atoms with Crippen molar-refractivity contribution in [3.8, 4) is 11.1 Å². The summed E-state index contributed by atoms with van der Waals surface area (Å²) >= 11 is 0. The SMILES string of the molecule is CCCC(=O)N(CCC)Cc1nc2c(ccc3cc(-c4ccc5c(ccc6[nH]c(CN(CCC)C(=O)CNC(=O)OC)nc65)c4)ccc32)[nH]1. The number of imidazole rings is 2. The molecule has 0 aliphatic carbocycles. The molecule has 0 aliphatic heterocycles. The van der Waals surface area contributed by atoms with Crippen LogP contribution in [0, 0.1) is 0 Å². The van der Waals surface area contributed by atoms with Gasteiger partial charge in [-0.1, -0.05) is 57.2 Å². The molecule has 6 rings (SSSR count). The van der Waals surface area contributed by atoms with Crippen LogP contribution in [0.15, 0.2) is 60.7 Å². The molecular formula is C38H43N7O4. The average Bonchev–Trinajstić information content (AvgIpc) is 3.73. The van der Waals surface area contributed by atoms with E-state index < -0.39 is 6.09 Å². The zero-order valence-electron chi connectivity index (χ0n) is 28.6. The second-order valence-corrected chi connectivity index (χ2v) is 12.4. The van der Waals surface area contributed by atoms with Gasteiger partial charge in [0.15, 0.2) is 0 Å². The predicted octanol–water partition coefficient (Wildman–Crippen LogP) is 7.05. The third kappa shape index (κ3) is 7.20. The van der Waals surface area contributed by atoms with Crippen LogP contribution >= 0.6 is 0 Å². The van der Waals surface area contributed by atoms with Crippen LogP contribution in [0.1, 0.15) is 58.1 Å². The van der Waals surface area contributed by atoms with Crippen molar-refractivity contribution >= 4 is 61.5 Å². The Morgan fingerprint density at radius 3 is 1.67 bits per heavy atom. The molecule has 49 heavy (non-hydrogen) atoms. The van der Waals surface area contributed by atoms with Gasteiger partial charge in [-0.3, -0.25) is 9.59 Å². The van der Waals surface area contributed by atoms with E-state index in [1.165, 1.54) is 7.11 Å². The lowest BCUT2D eigenvalue weighted by Gasteiger charge is -2.21. The number of nitrogens with one attached hydrogen (secondary N) is 3. The molecular weight excluding hydrogens is 618 g/mol. The maximum atomic E-state index is 12.8. The van der Waals surface area contributed by atoms with Gasteiger partial charge in [-0.05, 0) is 65.4 Å². The summed E-state index contributed by atoms with van der Waals surface area (Å²) in [5, 5.41) is 6.70. The van der Waals surface area contributed by atoms with Crippen molar-refractivity contribution in [1.29, 1.82) is 0 Å². The highest BCUT2D eigenvalue weighted by Gasteiger charge is 2.18. The molecule has 11 nitrogen and oxygen atoms in total. The summed E-state index contributed by atoms with van der Waals surface area (Å²) < 4.78 is 4.59. The molecule has 4 aromatic carbocycles. The third-order valence-electron chi connectivity index (χ3n) is 8.77. The van der Waals surface area contributed by atoms with E-state index in [9.17, 15) is 14.4 Å². The number of alkyl carbamates (subject to hydrolysis) is 1. The Morgan fingerprint density at radius 1 is 0.694 bits per heavy atom. The maximum Gasteiger partial charge on any atom is 0.407 e. The lowest BCUT2D eigenvalue weighted by Crippen LogP contribution is -2.40. The van der Waals surface area contributed by atoms with Gasteiger partial charge in [0.1, 0.15) is 18.2 Å². The molecule has 0 unspecified atom stereocenters. The fourth-order valence-corrected chi connectivity index (χ4v) is 6.40. The smallest absolute Gasteiger partial charge is 0.407 e. The Hall–Kier alpha value is -5.45. The monoisotopic (exact) mass is 661 g/mol. The average molecular weight is 662 g/mol. The van der Waals surface area contributed by atoms with Gasteiger partial charge in [0.25, 0.3) is 0 Å². The summed E-state index contributed by atoms with van der Waals surface area (Å²) in [6.07, 6.45) is 2.42. The number of carbonyl (C=O) groups is 3. The number of nitrogens with zero attached hydrogens (tertiary/aromatic N) is 4. The van der Waals surface area contributed by atoms with Gasteiger partial charge in [0.2, 0.25) is 11.8 Å². The Balaban J connectivity index is 1.24. The van der Waals surface area contributed by atoms with E-state index in [2.05, 4.69) is 81.5 Å². The van der Waals surface area contributed by atoms with Gasteiger partial charge in [-0.15, -0.1) is 0 Å². The van der Waals surface area contributed by atoms with Crippen LogP contribution < -0.4 is 5.32 Å². The van der Waals surface area contributed by atoms with E-state index in [1.54, 1.807) is 4.90 Å². The largest absolute Gasteiger partial charge is 0.453 e. The molecule has 2 aromatic heterocycles. The predicted molar refractivity (Wildman–Crippen MR) is 193 cm³/mol. The molecule has 2 heterocycles. The Bertz CT molecular complexity index is 2150. The number of amides is 3. The number of fused-ring (bicyclic) bond motifs is 6. The van der Waals surface area contributed by atoms with Crippen LogP contribution in [0.3, 0.4) is 0 Å². The molecule has 0 fully saturated rings. The summed E-state index contributed by atoms with van der Waals surface area (Å²) in [7, 11) is 1.27. The Labute approximate surface area is 285 Å². The highest BCUT2D eigenvalue weighted by atomic mass is 16.5.